The van der Waals surface area contributed by atoms with E-state index in [-0.39, 0.29) is 23.8 Å². The third-order valence-electron chi connectivity index (χ3n) is 6.77. The summed E-state index contributed by atoms with van der Waals surface area (Å²) in [5, 5.41) is 9.08. The van der Waals surface area contributed by atoms with Crippen LogP contribution in [0.2, 0.25) is 5.02 Å². The van der Waals surface area contributed by atoms with Gasteiger partial charge in [0.05, 0.1) is 31.3 Å². The van der Waals surface area contributed by atoms with E-state index in [0.717, 1.165) is 37.3 Å². The maximum atomic E-state index is 13.4. The number of likely N-dealkylation sites (tertiary alicyclic amines) is 1. The van der Waals surface area contributed by atoms with Gasteiger partial charge in [-0.05, 0) is 61.8 Å². The van der Waals surface area contributed by atoms with Crippen LogP contribution in [0.25, 0.3) is 17.3 Å². The van der Waals surface area contributed by atoms with E-state index in [1.807, 2.05) is 6.07 Å². The van der Waals surface area contributed by atoms with Gasteiger partial charge >= 0.3 is 0 Å². The Labute approximate surface area is 232 Å². The molecule has 3 aromatic heterocycles. The molecule has 0 bridgehead atoms. The highest BCUT2D eigenvalue weighted by molar-refractivity contribution is 7.90. The first-order valence-corrected chi connectivity index (χ1v) is 14.8. The second-order valence-corrected chi connectivity index (χ2v) is 11.9. The molecule has 5 rings (SSSR count). The molecule has 0 atom stereocenters. The van der Waals surface area contributed by atoms with E-state index in [1.165, 1.54) is 26.9 Å². The van der Waals surface area contributed by atoms with E-state index in [2.05, 4.69) is 20.1 Å². The standard InChI is InChI=1S/C27H30ClN5O5S/c1-36-22-6-3-7-23(37-2)26(22)33-25(30-31-27(33)24-8-4-14-38-24)18-39(34,35)15-10-21-19(16-20(28)17-29-21)9-13-32-11-5-12-32/h3-4,6-8,14,16-17H,5,9-13,15,18H2,1-2H3. The van der Waals surface area contributed by atoms with Crippen LogP contribution in [-0.2, 0) is 28.4 Å². The van der Waals surface area contributed by atoms with E-state index in [9.17, 15) is 8.42 Å². The Kier molecular flexibility index (Phi) is 8.20. The van der Waals surface area contributed by atoms with E-state index in [4.69, 9.17) is 25.5 Å². The quantitative estimate of drug-likeness (QED) is 0.249. The third kappa shape index (κ3) is 6.10. The minimum Gasteiger partial charge on any atom is -0.494 e. The van der Waals surface area contributed by atoms with Crippen LogP contribution in [0.4, 0.5) is 0 Å². The summed E-state index contributed by atoms with van der Waals surface area (Å²) in [6.07, 6.45) is 5.34. The Bertz CT molecular complexity index is 1510. The van der Waals surface area contributed by atoms with Gasteiger partial charge < -0.3 is 18.8 Å². The van der Waals surface area contributed by atoms with Gasteiger partial charge in [-0.3, -0.25) is 9.55 Å². The number of furan rings is 1. The normalized spacial score (nSPS) is 13.8. The third-order valence-corrected chi connectivity index (χ3v) is 8.50. The van der Waals surface area contributed by atoms with Crippen LogP contribution in [0.1, 0.15) is 23.5 Å². The van der Waals surface area contributed by atoms with Crippen molar-refractivity contribution in [1.82, 2.24) is 24.6 Å². The Morgan fingerprint density at radius 3 is 2.46 bits per heavy atom. The molecule has 1 aliphatic rings. The average molecular weight is 572 g/mol. The zero-order valence-electron chi connectivity index (χ0n) is 21.8. The lowest BCUT2D eigenvalue weighted by Crippen LogP contribution is -2.38. The number of aryl methyl sites for hydroxylation is 1. The van der Waals surface area contributed by atoms with Crippen molar-refractivity contribution >= 4 is 21.4 Å². The number of nitrogens with zero attached hydrogens (tertiary/aromatic N) is 5. The van der Waals surface area contributed by atoms with Crippen molar-refractivity contribution in [2.75, 3.05) is 39.6 Å². The summed E-state index contributed by atoms with van der Waals surface area (Å²) >= 11 is 6.21. The fourth-order valence-corrected chi connectivity index (χ4v) is 6.03. The molecule has 1 aromatic carbocycles. The summed E-state index contributed by atoms with van der Waals surface area (Å²) in [7, 11) is -0.564. The molecule has 0 spiro atoms. The van der Waals surface area contributed by atoms with Crippen LogP contribution >= 0.6 is 11.6 Å². The molecule has 4 heterocycles. The number of hydrogen-bond donors (Lipinski definition) is 0. The van der Waals surface area contributed by atoms with Crippen LogP contribution in [0, 0.1) is 0 Å². The van der Waals surface area contributed by atoms with Gasteiger partial charge in [0.15, 0.2) is 21.4 Å². The number of sulfone groups is 1. The zero-order valence-corrected chi connectivity index (χ0v) is 23.4. The van der Waals surface area contributed by atoms with Crippen LogP contribution in [0.3, 0.4) is 0 Å². The summed E-state index contributed by atoms with van der Waals surface area (Å²) in [6.45, 7) is 3.09. The first-order chi connectivity index (χ1) is 18.9. The second-order valence-electron chi connectivity index (χ2n) is 9.31. The molecule has 4 aromatic rings. The van der Waals surface area contributed by atoms with Gasteiger partial charge in [0.25, 0.3) is 0 Å². The Morgan fingerprint density at radius 1 is 1.05 bits per heavy atom. The molecule has 0 N–H and O–H groups in total. The predicted molar refractivity (Wildman–Crippen MR) is 147 cm³/mol. The minimum atomic E-state index is -3.63. The smallest absolute Gasteiger partial charge is 0.204 e. The van der Waals surface area contributed by atoms with Crippen molar-refractivity contribution in [3.8, 4) is 28.8 Å². The predicted octanol–water partition coefficient (Wildman–Crippen LogP) is 4.00. The number of pyridine rings is 1. The number of aromatic nitrogens is 4. The van der Waals surface area contributed by atoms with Crippen LogP contribution < -0.4 is 9.47 Å². The molecule has 39 heavy (non-hydrogen) atoms. The fraction of sp³-hybridized carbons (Fsp3) is 0.370. The summed E-state index contributed by atoms with van der Waals surface area (Å²) in [6, 6.07) is 10.6. The van der Waals surface area contributed by atoms with Crippen molar-refractivity contribution in [3.63, 3.8) is 0 Å². The van der Waals surface area contributed by atoms with Crippen LogP contribution in [0.15, 0.2) is 53.3 Å². The molecule has 0 aliphatic carbocycles. The van der Waals surface area contributed by atoms with E-state index < -0.39 is 9.84 Å². The second kappa shape index (κ2) is 11.8. The molecule has 0 amide bonds. The summed E-state index contributed by atoms with van der Waals surface area (Å²) in [4.78, 5) is 6.82. The number of hydrogen-bond acceptors (Lipinski definition) is 9. The van der Waals surface area contributed by atoms with Gasteiger partial charge in [-0.15, -0.1) is 10.2 Å². The molecule has 1 aliphatic heterocycles. The Morgan fingerprint density at radius 2 is 1.82 bits per heavy atom. The highest BCUT2D eigenvalue weighted by atomic mass is 35.5. The molecule has 0 unspecified atom stereocenters. The lowest BCUT2D eigenvalue weighted by Gasteiger charge is -2.30. The van der Waals surface area contributed by atoms with E-state index in [1.54, 1.807) is 41.1 Å². The molecular formula is C27H30ClN5O5S. The first-order valence-electron chi connectivity index (χ1n) is 12.6. The molecule has 10 nitrogen and oxygen atoms in total. The van der Waals surface area contributed by atoms with Gasteiger partial charge in [0.2, 0.25) is 5.82 Å². The molecule has 206 valence electrons. The maximum absolute atomic E-state index is 13.4. The van der Waals surface area contributed by atoms with Crippen LogP contribution in [0.5, 0.6) is 11.5 Å². The summed E-state index contributed by atoms with van der Waals surface area (Å²) in [5.41, 5.74) is 2.20. The highest BCUT2D eigenvalue weighted by Gasteiger charge is 2.27. The number of para-hydroxylation sites is 1. The summed E-state index contributed by atoms with van der Waals surface area (Å²) < 4.78 is 45.2. The van der Waals surface area contributed by atoms with Crippen molar-refractivity contribution in [2.24, 2.45) is 0 Å². The van der Waals surface area contributed by atoms with Crippen molar-refractivity contribution in [2.45, 2.75) is 25.0 Å². The molecule has 0 radical (unpaired) electrons. The number of methoxy groups -OCH3 is 2. The largest absolute Gasteiger partial charge is 0.494 e. The van der Waals surface area contributed by atoms with Crippen molar-refractivity contribution < 1.29 is 22.3 Å². The molecule has 1 fully saturated rings. The Hall–Kier alpha value is -3.41. The van der Waals surface area contributed by atoms with E-state index in [0.29, 0.717) is 33.8 Å². The molecular weight excluding hydrogens is 542 g/mol. The molecule has 12 heteroatoms. The first kappa shape index (κ1) is 27.2. The van der Waals surface area contributed by atoms with Gasteiger partial charge in [-0.2, -0.15) is 0 Å². The minimum absolute atomic E-state index is 0.107. The monoisotopic (exact) mass is 571 g/mol. The lowest BCUT2D eigenvalue weighted by atomic mass is 10.1. The molecule has 0 saturated carbocycles. The van der Waals surface area contributed by atoms with Crippen LogP contribution in [-0.4, -0.2) is 72.7 Å². The Balaban J connectivity index is 1.43. The maximum Gasteiger partial charge on any atom is 0.204 e. The molecule has 1 saturated heterocycles. The topological polar surface area (TPSA) is 113 Å². The SMILES string of the molecule is COc1cccc(OC)c1-n1c(CS(=O)(=O)CCc2ncc(Cl)cc2CCN2CCC2)nnc1-c1ccco1. The number of halogens is 1. The van der Waals surface area contributed by atoms with Gasteiger partial charge in [-0.1, -0.05) is 17.7 Å². The van der Waals surface area contributed by atoms with E-state index >= 15 is 0 Å². The van der Waals surface area contributed by atoms with Crippen molar-refractivity contribution in [3.05, 3.63) is 71.0 Å². The fourth-order valence-electron chi connectivity index (χ4n) is 4.62. The average Bonchev–Trinajstić information content (AvgIpc) is 3.56. The lowest BCUT2D eigenvalue weighted by molar-refractivity contribution is 0.184. The van der Waals surface area contributed by atoms with Gasteiger partial charge in [0, 0.05) is 24.9 Å². The number of benzene rings is 1. The summed E-state index contributed by atoms with van der Waals surface area (Å²) in [5.74, 6) is 1.46. The number of ether oxygens (including phenoxy) is 2. The highest BCUT2D eigenvalue weighted by Crippen LogP contribution is 2.36. The van der Waals surface area contributed by atoms with Gasteiger partial charge in [-0.25, -0.2) is 8.42 Å². The van der Waals surface area contributed by atoms with Crippen molar-refractivity contribution in [1.29, 1.82) is 0 Å². The van der Waals surface area contributed by atoms with Gasteiger partial charge in [0.1, 0.15) is 22.9 Å². The number of rotatable bonds is 12. The zero-order chi connectivity index (χ0) is 27.4.